The fourth-order valence-corrected chi connectivity index (χ4v) is 2.08. The minimum Gasteiger partial charge on any atom is -0.332 e. The molecule has 0 saturated heterocycles. The van der Waals surface area contributed by atoms with Gasteiger partial charge in [0.2, 0.25) is 5.91 Å². The van der Waals surface area contributed by atoms with Crippen molar-refractivity contribution in [2.45, 2.75) is 32.5 Å². The molecule has 0 aromatic heterocycles. The molecule has 0 saturated carbocycles. The maximum Gasteiger partial charge on any atom is 0.406 e. The fraction of sp³-hybridized carbons (Fsp3) is 0.533. The first-order chi connectivity index (χ1) is 9.69. The van der Waals surface area contributed by atoms with Gasteiger partial charge in [-0.2, -0.15) is 13.2 Å². The highest BCUT2D eigenvalue weighted by Crippen LogP contribution is 2.18. The molecule has 1 atom stereocenters. The minimum absolute atomic E-state index is 0.0425. The molecular formula is C15H21F3N2O. The van der Waals surface area contributed by atoms with Crippen LogP contribution in [0.1, 0.15) is 19.4 Å². The zero-order chi connectivity index (χ0) is 16.0. The topological polar surface area (TPSA) is 46.3 Å². The third-order valence-corrected chi connectivity index (χ3v) is 2.88. The first-order valence-electron chi connectivity index (χ1n) is 6.84. The average Bonchev–Trinajstić information content (AvgIpc) is 2.36. The smallest absolute Gasteiger partial charge is 0.332 e. The van der Waals surface area contributed by atoms with Gasteiger partial charge in [0.25, 0.3) is 0 Å². The van der Waals surface area contributed by atoms with E-state index in [9.17, 15) is 18.0 Å². The van der Waals surface area contributed by atoms with Gasteiger partial charge in [-0.05, 0) is 17.9 Å². The van der Waals surface area contributed by atoms with E-state index in [0.29, 0.717) is 0 Å². The Bertz CT molecular complexity index is 446. The summed E-state index contributed by atoms with van der Waals surface area (Å²) < 4.78 is 37.7. The van der Waals surface area contributed by atoms with Crippen LogP contribution in [0, 0.1) is 5.92 Å². The Kier molecular flexibility index (Phi) is 6.20. The van der Waals surface area contributed by atoms with Crippen LogP contribution in [0.3, 0.4) is 0 Å². The standard InChI is InChI=1S/C15H21F3N2O/c1-11(2)9-20(10-15(16,17)18)14(21)13(19)8-12-6-4-3-5-7-12/h3-7,11,13H,8-10,19H2,1-2H3. The first-order valence-corrected chi connectivity index (χ1v) is 6.84. The number of alkyl halides is 3. The van der Waals surface area contributed by atoms with Gasteiger partial charge in [-0.25, -0.2) is 0 Å². The Balaban J connectivity index is 2.74. The van der Waals surface area contributed by atoms with Crippen molar-refractivity contribution in [2.24, 2.45) is 11.7 Å². The quantitative estimate of drug-likeness (QED) is 0.878. The zero-order valence-electron chi connectivity index (χ0n) is 12.2. The highest BCUT2D eigenvalue weighted by Gasteiger charge is 2.34. The Labute approximate surface area is 122 Å². The van der Waals surface area contributed by atoms with Crippen LogP contribution >= 0.6 is 0 Å². The fourth-order valence-electron chi connectivity index (χ4n) is 2.08. The van der Waals surface area contributed by atoms with Gasteiger partial charge in [0.15, 0.2) is 0 Å². The summed E-state index contributed by atoms with van der Waals surface area (Å²) in [5.74, 6) is -0.717. The van der Waals surface area contributed by atoms with Crippen molar-refractivity contribution in [1.29, 1.82) is 0 Å². The maximum absolute atomic E-state index is 12.6. The van der Waals surface area contributed by atoms with Crippen LogP contribution in [0.15, 0.2) is 30.3 Å². The summed E-state index contributed by atoms with van der Waals surface area (Å²) in [5.41, 5.74) is 6.61. The lowest BCUT2D eigenvalue weighted by molar-refractivity contribution is -0.162. The molecule has 2 N–H and O–H groups in total. The second-order valence-electron chi connectivity index (χ2n) is 5.52. The molecular weight excluding hydrogens is 281 g/mol. The van der Waals surface area contributed by atoms with Crippen molar-refractivity contribution in [2.75, 3.05) is 13.1 Å². The van der Waals surface area contributed by atoms with E-state index in [4.69, 9.17) is 5.73 Å². The van der Waals surface area contributed by atoms with E-state index >= 15 is 0 Å². The van der Waals surface area contributed by atoms with Crippen LogP contribution in [0.25, 0.3) is 0 Å². The molecule has 3 nitrogen and oxygen atoms in total. The third kappa shape index (κ3) is 6.62. The molecule has 118 valence electrons. The van der Waals surface area contributed by atoms with Crippen LogP contribution in [0.4, 0.5) is 13.2 Å². The summed E-state index contributed by atoms with van der Waals surface area (Å²) in [6.45, 7) is 2.31. The summed E-state index contributed by atoms with van der Waals surface area (Å²) in [6.07, 6.45) is -4.19. The molecule has 0 fully saturated rings. The van der Waals surface area contributed by atoms with Crippen LogP contribution in [0.2, 0.25) is 0 Å². The summed E-state index contributed by atoms with van der Waals surface area (Å²) in [6, 6.07) is 8.05. The van der Waals surface area contributed by atoms with E-state index in [0.717, 1.165) is 10.5 Å². The normalized spacial score (nSPS) is 13.3. The van der Waals surface area contributed by atoms with Crippen LogP contribution in [-0.4, -0.2) is 36.1 Å². The Morgan fingerprint density at radius 3 is 2.29 bits per heavy atom. The number of hydrogen-bond acceptors (Lipinski definition) is 2. The van der Waals surface area contributed by atoms with Gasteiger partial charge < -0.3 is 10.6 Å². The molecule has 21 heavy (non-hydrogen) atoms. The molecule has 0 bridgehead atoms. The van der Waals surface area contributed by atoms with Crippen molar-refractivity contribution in [3.8, 4) is 0 Å². The molecule has 1 amide bonds. The maximum atomic E-state index is 12.6. The van der Waals surface area contributed by atoms with Gasteiger partial charge in [0.05, 0.1) is 6.04 Å². The number of hydrogen-bond donors (Lipinski definition) is 1. The highest BCUT2D eigenvalue weighted by atomic mass is 19.4. The predicted molar refractivity (Wildman–Crippen MR) is 75.6 cm³/mol. The molecule has 0 aliphatic rings. The number of rotatable bonds is 6. The van der Waals surface area contributed by atoms with E-state index in [1.54, 1.807) is 38.1 Å². The van der Waals surface area contributed by atoms with Gasteiger partial charge >= 0.3 is 6.18 Å². The molecule has 0 spiro atoms. The molecule has 1 aromatic rings. The molecule has 0 heterocycles. The number of nitrogens with two attached hydrogens (primary N) is 1. The summed E-state index contributed by atoms with van der Waals surface area (Å²) in [5, 5.41) is 0. The van der Waals surface area contributed by atoms with Gasteiger partial charge in [0, 0.05) is 6.54 Å². The Morgan fingerprint density at radius 2 is 1.81 bits per heavy atom. The van der Waals surface area contributed by atoms with Crippen molar-refractivity contribution in [3.05, 3.63) is 35.9 Å². The van der Waals surface area contributed by atoms with Crippen LogP contribution in [-0.2, 0) is 11.2 Å². The lowest BCUT2D eigenvalue weighted by Gasteiger charge is -2.28. The van der Waals surface area contributed by atoms with Gasteiger partial charge in [-0.1, -0.05) is 44.2 Å². The average molecular weight is 302 g/mol. The summed E-state index contributed by atoms with van der Waals surface area (Å²) in [7, 11) is 0. The Morgan fingerprint density at radius 1 is 1.24 bits per heavy atom. The molecule has 0 radical (unpaired) electrons. The summed E-state index contributed by atoms with van der Waals surface area (Å²) in [4.78, 5) is 13.0. The SMILES string of the molecule is CC(C)CN(CC(F)(F)F)C(=O)C(N)Cc1ccccc1. The lowest BCUT2D eigenvalue weighted by Crippen LogP contribution is -2.49. The number of nitrogens with zero attached hydrogens (tertiary/aromatic N) is 1. The number of carbonyl (C=O) groups is 1. The number of halogens is 3. The monoisotopic (exact) mass is 302 g/mol. The van der Waals surface area contributed by atoms with Crippen molar-refractivity contribution in [1.82, 2.24) is 4.90 Å². The van der Waals surface area contributed by atoms with Gasteiger partial charge in [0.1, 0.15) is 6.54 Å². The van der Waals surface area contributed by atoms with Crippen LogP contribution in [0.5, 0.6) is 0 Å². The van der Waals surface area contributed by atoms with E-state index in [1.165, 1.54) is 0 Å². The van der Waals surface area contributed by atoms with Crippen molar-refractivity contribution < 1.29 is 18.0 Å². The molecule has 0 aliphatic heterocycles. The zero-order valence-corrected chi connectivity index (χ0v) is 12.2. The van der Waals surface area contributed by atoms with E-state index in [2.05, 4.69) is 0 Å². The molecule has 1 unspecified atom stereocenters. The third-order valence-electron chi connectivity index (χ3n) is 2.88. The molecule has 1 rings (SSSR count). The number of carbonyl (C=O) groups excluding carboxylic acids is 1. The number of benzene rings is 1. The van der Waals surface area contributed by atoms with E-state index < -0.39 is 24.7 Å². The minimum atomic E-state index is -4.42. The highest BCUT2D eigenvalue weighted by molar-refractivity contribution is 5.82. The van der Waals surface area contributed by atoms with E-state index in [-0.39, 0.29) is 18.9 Å². The molecule has 0 aliphatic carbocycles. The first kappa shape index (κ1) is 17.5. The lowest BCUT2D eigenvalue weighted by atomic mass is 10.0. The number of amides is 1. The predicted octanol–water partition coefficient (Wildman–Crippen LogP) is 2.60. The van der Waals surface area contributed by atoms with Crippen molar-refractivity contribution in [3.63, 3.8) is 0 Å². The molecule has 1 aromatic carbocycles. The van der Waals surface area contributed by atoms with Gasteiger partial charge in [-0.3, -0.25) is 4.79 Å². The molecule has 6 heteroatoms. The Hall–Kier alpha value is -1.56. The van der Waals surface area contributed by atoms with Crippen molar-refractivity contribution >= 4 is 5.91 Å². The second kappa shape index (κ2) is 7.45. The van der Waals surface area contributed by atoms with Gasteiger partial charge in [-0.15, -0.1) is 0 Å². The second-order valence-corrected chi connectivity index (χ2v) is 5.52. The summed E-state index contributed by atoms with van der Waals surface area (Å²) >= 11 is 0. The van der Waals surface area contributed by atoms with Crippen LogP contribution < -0.4 is 5.73 Å². The largest absolute Gasteiger partial charge is 0.406 e. The van der Waals surface area contributed by atoms with E-state index in [1.807, 2.05) is 6.07 Å².